The summed E-state index contributed by atoms with van der Waals surface area (Å²) in [5.41, 5.74) is 1.63. The zero-order valence-corrected chi connectivity index (χ0v) is 10.3. The number of rotatable bonds is 2. The summed E-state index contributed by atoms with van der Waals surface area (Å²) in [7, 11) is 1.32. The molecule has 0 aromatic heterocycles. The number of nitrogens with zero attached hydrogens (tertiary/aromatic N) is 2. The monoisotopic (exact) mass is 245 g/mol. The molecule has 0 unspecified atom stereocenters. The highest BCUT2D eigenvalue weighted by atomic mass is 16.5. The molecule has 0 atom stereocenters. The number of hydrogen-bond donors (Lipinski definition) is 1. The molecule has 2 rings (SSSR count). The minimum Gasteiger partial charge on any atom is -0.465 e. The van der Waals surface area contributed by atoms with E-state index in [0.717, 1.165) is 31.9 Å². The SMILES string of the molecule is COC(=O)c1cc(N2CCNCC2)ccc1C#N. The Bertz CT molecular complexity index is 487. The zero-order chi connectivity index (χ0) is 13.0. The summed E-state index contributed by atoms with van der Waals surface area (Å²) in [5, 5.41) is 12.3. The Hall–Kier alpha value is -2.06. The molecule has 1 fully saturated rings. The molecule has 1 heterocycles. The van der Waals surface area contributed by atoms with E-state index in [-0.39, 0.29) is 0 Å². The van der Waals surface area contributed by atoms with Crippen LogP contribution in [0.3, 0.4) is 0 Å². The predicted molar refractivity (Wildman–Crippen MR) is 67.6 cm³/mol. The van der Waals surface area contributed by atoms with Crippen molar-refractivity contribution in [3.05, 3.63) is 29.3 Å². The molecule has 0 aliphatic carbocycles. The first-order valence-electron chi connectivity index (χ1n) is 5.84. The number of ether oxygens (including phenoxy) is 1. The number of methoxy groups -OCH3 is 1. The van der Waals surface area contributed by atoms with Gasteiger partial charge < -0.3 is 15.0 Å². The lowest BCUT2D eigenvalue weighted by atomic mass is 10.1. The second-order valence-corrected chi connectivity index (χ2v) is 4.07. The van der Waals surface area contributed by atoms with Crippen molar-refractivity contribution in [3.8, 4) is 6.07 Å². The van der Waals surface area contributed by atoms with Crippen molar-refractivity contribution < 1.29 is 9.53 Å². The normalized spacial score (nSPS) is 15.0. The van der Waals surface area contributed by atoms with Crippen molar-refractivity contribution >= 4 is 11.7 Å². The second-order valence-electron chi connectivity index (χ2n) is 4.07. The van der Waals surface area contributed by atoms with Gasteiger partial charge in [0, 0.05) is 31.9 Å². The van der Waals surface area contributed by atoms with Crippen molar-refractivity contribution in [2.75, 3.05) is 38.2 Å². The lowest BCUT2D eigenvalue weighted by Gasteiger charge is -2.29. The predicted octanol–water partition coefficient (Wildman–Crippen LogP) is 0.754. The molecule has 0 spiro atoms. The van der Waals surface area contributed by atoms with E-state index >= 15 is 0 Å². The van der Waals surface area contributed by atoms with E-state index in [4.69, 9.17) is 10.00 Å². The number of hydrogen-bond acceptors (Lipinski definition) is 5. The summed E-state index contributed by atoms with van der Waals surface area (Å²) < 4.78 is 4.70. The molecule has 5 nitrogen and oxygen atoms in total. The molecule has 1 aliphatic rings. The molecule has 1 saturated heterocycles. The minimum atomic E-state index is -0.469. The van der Waals surface area contributed by atoms with Gasteiger partial charge in [-0.15, -0.1) is 0 Å². The van der Waals surface area contributed by atoms with Gasteiger partial charge >= 0.3 is 5.97 Å². The van der Waals surface area contributed by atoms with E-state index in [2.05, 4.69) is 10.2 Å². The van der Waals surface area contributed by atoms with Crippen LogP contribution >= 0.6 is 0 Å². The van der Waals surface area contributed by atoms with Crippen molar-refractivity contribution in [2.24, 2.45) is 0 Å². The van der Waals surface area contributed by atoms with Gasteiger partial charge in [0.25, 0.3) is 0 Å². The molecule has 0 radical (unpaired) electrons. The fourth-order valence-electron chi connectivity index (χ4n) is 2.03. The Balaban J connectivity index is 2.33. The average molecular weight is 245 g/mol. The summed E-state index contributed by atoms with van der Waals surface area (Å²) in [6.07, 6.45) is 0. The topological polar surface area (TPSA) is 65.4 Å². The zero-order valence-electron chi connectivity index (χ0n) is 10.3. The van der Waals surface area contributed by atoms with Crippen LogP contribution in [0.5, 0.6) is 0 Å². The third kappa shape index (κ3) is 2.44. The Morgan fingerprint density at radius 2 is 2.17 bits per heavy atom. The van der Waals surface area contributed by atoms with Gasteiger partial charge in [-0.2, -0.15) is 5.26 Å². The maximum atomic E-state index is 11.6. The third-order valence-corrected chi connectivity index (χ3v) is 3.01. The van der Waals surface area contributed by atoms with Crippen molar-refractivity contribution in [3.63, 3.8) is 0 Å². The van der Waals surface area contributed by atoms with Crippen molar-refractivity contribution in [1.29, 1.82) is 5.26 Å². The highest BCUT2D eigenvalue weighted by Gasteiger charge is 2.16. The summed E-state index contributed by atoms with van der Waals surface area (Å²) in [6.45, 7) is 3.64. The molecule has 1 aromatic rings. The lowest BCUT2D eigenvalue weighted by Crippen LogP contribution is -2.43. The van der Waals surface area contributed by atoms with Crippen LogP contribution in [0.1, 0.15) is 15.9 Å². The first-order valence-corrected chi connectivity index (χ1v) is 5.84. The van der Waals surface area contributed by atoms with Crippen LogP contribution in [0.15, 0.2) is 18.2 Å². The van der Waals surface area contributed by atoms with Crippen molar-refractivity contribution in [1.82, 2.24) is 5.32 Å². The summed E-state index contributed by atoms with van der Waals surface area (Å²) >= 11 is 0. The molecule has 18 heavy (non-hydrogen) atoms. The van der Waals surface area contributed by atoms with Crippen LogP contribution in [0.25, 0.3) is 0 Å². The van der Waals surface area contributed by atoms with Gasteiger partial charge in [0.2, 0.25) is 0 Å². The number of anilines is 1. The van der Waals surface area contributed by atoms with E-state index < -0.39 is 5.97 Å². The van der Waals surface area contributed by atoms with Crippen LogP contribution < -0.4 is 10.2 Å². The van der Waals surface area contributed by atoms with E-state index in [1.165, 1.54) is 7.11 Å². The molecule has 5 heteroatoms. The maximum Gasteiger partial charge on any atom is 0.339 e. The molecule has 1 N–H and O–H groups in total. The first kappa shape index (κ1) is 12.4. The standard InChI is InChI=1S/C13H15N3O2/c1-18-13(17)12-8-11(3-2-10(12)9-14)16-6-4-15-5-7-16/h2-3,8,15H,4-7H2,1H3. The van der Waals surface area contributed by atoms with Crippen LogP contribution in [0, 0.1) is 11.3 Å². The van der Waals surface area contributed by atoms with E-state index in [9.17, 15) is 4.79 Å². The maximum absolute atomic E-state index is 11.6. The van der Waals surface area contributed by atoms with Crippen LogP contribution in [0.2, 0.25) is 0 Å². The highest BCUT2D eigenvalue weighted by Crippen LogP contribution is 2.20. The van der Waals surface area contributed by atoms with Gasteiger partial charge in [-0.05, 0) is 18.2 Å². The largest absolute Gasteiger partial charge is 0.465 e. The number of piperazine rings is 1. The number of benzene rings is 1. The van der Waals surface area contributed by atoms with E-state index in [0.29, 0.717) is 11.1 Å². The number of carbonyl (C=O) groups excluding carboxylic acids is 1. The molecular weight excluding hydrogens is 230 g/mol. The van der Waals surface area contributed by atoms with Crippen LogP contribution in [0.4, 0.5) is 5.69 Å². The van der Waals surface area contributed by atoms with Crippen molar-refractivity contribution in [2.45, 2.75) is 0 Å². The van der Waals surface area contributed by atoms with Gasteiger partial charge in [-0.3, -0.25) is 0 Å². The Kier molecular flexibility index (Phi) is 3.80. The number of carbonyl (C=O) groups is 1. The molecule has 1 aliphatic heterocycles. The molecular formula is C13H15N3O2. The number of esters is 1. The third-order valence-electron chi connectivity index (χ3n) is 3.01. The van der Waals surface area contributed by atoms with Gasteiger partial charge in [-0.1, -0.05) is 0 Å². The Labute approximate surface area is 106 Å². The smallest absolute Gasteiger partial charge is 0.339 e. The van der Waals surface area contributed by atoms with Crippen LogP contribution in [-0.2, 0) is 4.74 Å². The summed E-state index contributed by atoms with van der Waals surface area (Å²) in [5.74, 6) is -0.469. The quantitative estimate of drug-likeness (QED) is 0.779. The molecule has 1 aromatic carbocycles. The summed E-state index contributed by atoms with van der Waals surface area (Å²) in [6, 6.07) is 7.28. The van der Waals surface area contributed by atoms with E-state index in [1.807, 2.05) is 12.1 Å². The lowest BCUT2D eigenvalue weighted by molar-refractivity contribution is 0.0600. The molecule has 0 saturated carbocycles. The minimum absolute atomic E-state index is 0.330. The molecule has 0 amide bonds. The highest BCUT2D eigenvalue weighted by molar-refractivity contribution is 5.93. The van der Waals surface area contributed by atoms with Gasteiger partial charge in [0.1, 0.15) is 6.07 Å². The van der Waals surface area contributed by atoms with Gasteiger partial charge in [-0.25, -0.2) is 4.79 Å². The Morgan fingerprint density at radius 1 is 1.44 bits per heavy atom. The molecule has 94 valence electrons. The van der Waals surface area contributed by atoms with E-state index in [1.54, 1.807) is 12.1 Å². The fraction of sp³-hybridized carbons (Fsp3) is 0.385. The molecule has 0 bridgehead atoms. The number of nitriles is 1. The van der Waals surface area contributed by atoms with Gasteiger partial charge in [0.05, 0.1) is 18.2 Å². The van der Waals surface area contributed by atoms with Gasteiger partial charge in [0.15, 0.2) is 0 Å². The fourth-order valence-corrected chi connectivity index (χ4v) is 2.03. The number of nitrogens with one attached hydrogen (secondary N) is 1. The Morgan fingerprint density at radius 3 is 2.78 bits per heavy atom. The average Bonchev–Trinajstić information content (AvgIpc) is 2.46. The first-order chi connectivity index (χ1) is 8.76. The summed E-state index contributed by atoms with van der Waals surface area (Å²) in [4.78, 5) is 13.8. The van der Waals surface area contributed by atoms with Crippen LogP contribution in [-0.4, -0.2) is 39.3 Å². The second kappa shape index (κ2) is 5.52.